The molecule has 1 fully saturated rings. The standard InChI is InChI=1S/C12H15ClO3.C6H8N6/c13-8-3-1-7(2-4-8)11(15)9-5-6-10(14)12(9)16;1-7-12-6-4-5(9-2-8-4)10-3-11-6/h1-4,9-12,14-16H,5-6H2;2-3,7H,1H3,(H2,8,9,10,11,12). The summed E-state index contributed by atoms with van der Waals surface area (Å²) in [7, 11) is 1.77. The highest BCUT2D eigenvalue weighted by Gasteiger charge is 2.38. The molecule has 0 amide bonds. The number of anilines is 1. The summed E-state index contributed by atoms with van der Waals surface area (Å²) in [4.78, 5) is 14.9. The minimum absolute atomic E-state index is 0.295. The van der Waals surface area contributed by atoms with Gasteiger partial charge >= 0.3 is 0 Å². The largest absolute Gasteiger partial charge is 0.390 e. The highest BCUT2D eigenvalue weighted by molar-refractivity contribution is 6.30. The SMILES string of the molecule is CNNc1ncnc2nc[nH]c12.OC1CCC(C(O)c2ccc(Cl)cc2)C1O. The van der Waals surface area contributed by atoms with Gasteiger partial charge in [-0.1, -0.05) is 23.7 Å². The molecule has 6 N–H and O–H groups in total. The van der Waals surface area contributed by atoms with E-state index in [1.165, 1.54) is 6.33 Å². The van der Waals surface area contributed by atoms with Gasteiger partial charge in [0.25, 0.3) is 0 Å². The molecule has 150 valence electrons. The van der Waals surface area contributed by atoms with Crippen LogP contribution in [0.1, 0.15) is 24.5 Å². The Hall–Kier alpha value is -2.30. The second kappa shape index (κ2) is 9.26. The molecule has 0 saturated heterocycles. The van der Waals surface area contributed by atoms with Crippen LogP contribution in [0.25, 0.3) is 11.2 Å². The van der Waals surface area contributed by atoms with Crippen LogP contribution in [0.15, 0.2) is 36.9 Å². The summed E-state index contributed by atoms with van der Waals surface area (Å²) >= 11 is 5.76. The van der Waals surface area contributed by atoms with E-state index in [-0.39, 0.29) is 5.92 Å². The normalized spacial score (nSPS) is 22.5. The summed E-state index contributed by atoms with van der Waals surface area (Å²) in [5.74, 6) is 0.399. The summed E-state index contributed by atoms with van der Waals surface area (Å²) in [6.45, 7) is 0. The molecule has 1 aliphatic rings. The summed E-state index contributed by atoms with van der Waals surface area (Å²) in [6, 6.07) is 6.89. The van der Waals surface area contributed by atoms with Crippen molar-refractivity contribution in [3.63, 3.8) is 0 Å². The molecule has 10 heteroatoms. The predicted octanol–water partition coefficient (Wildman–Crippen LogP) is 1.40. The van der Waals surface area contributed by atoms with Crippen LogP contribution in [-0.2, 0) is 0 Å². The zero-order valence-corrected chi connectivity index (χ0v) is 16.0. The van der Waals surface area contributed by atoms with E-state index in [9.17, 15) is 15.3 Å². The molecule has 4 unspecified atom stereocenters. The highest BCUT2D eigenvalue weighted by atomic mass is 35.5. The number of aromatic amines is 1. The number of hydrazine groups is 1. The minimum Gasteiger partial charge on any atom is -0.390 e. The van der Waals surface area contributed by atoms with Gasteiger partial charge in [-0.15, -0.1) is 0 Å². The monoisotopic (exact) mass is 406 g/mol. The average Bonchev–Trinajstić information content (AvgIpc) is 3.31. The van der Waals surface area contributed by atoms with Crippen LogP contribution in [0, 0.1) is 5.92 Å². The number of hydrogen-bond donors (Lipinski definition) is 6. The van der Waals surface area contributed by atoms with Crippen molar-refractivity contribution in [1.29, 1.82) is 0 Å². The first kappa shape index (κ1) is 20.4. The first-order valence-corrected chi connectivity index (χ1v) is 9.25. The third-order valence-corrected chi connectivity index (χ3v) is 4.96. The second-order valence-corrected chi connectivity index (χ2v) is 6.93. The van der Waals surface area contributed by atoms with Crippen LogP contribution in [0.3, 0.4) is 0 Å². The summed E-state index contributed by atoms with van der Waals surface area (Å²) in [6.07, 6.45) is 1.91. The van der Waals surface area contributed by atoms with Crippen LogP contribution >= 0.6 is 11.6 Å². The lowest BCUT2D eigenvalue weighted by molar-refractivity contribution is -0.0210. The molecule has 3 aromatic rings. The quantitative estimate of drug-likeness (QED) is 0.357. The lowest BCUT2D eigenvalue weighted by Crippen LogP contribution is -2.28. The maximum absolute atomic E-state index is 10.1. The number of H-pyrrole nitrogens is 1. The molecule has 2 aromatic heterocycles. The van der Waals surface area contributed by atoms with Crippen molar-refractivity contribution in [2.24, 2.45) is 5.92 Å². The van der Waals surface area contributed by atoms with E-state index in [1.807, 2.05) is 0 Å². The topological polar surface area (TPSA) is 139 Å². The molecule has 9 nitrogen and oxygen atoms in total. The Morgan fingerprint density at radius 2 is 1.89 bits per heavy atom. The van der Waals surface area contributed by atoms with Crippen LogP contribution in [0.5, 0.6) is 0 Å². The van der Waals surface area contributed by atoms with Crippen molar-refractivity contribution in [3.05, 3.63) is 47.5 Å². The Morgan fingerprint density at radius 3 is 2.54 bits per heavy atom. The van der Waals surface area contributed by atoms with Gasteiger partial charge in [0, 0.05) is 18.0 Å². The summed E-state index contributed by atoms with van der Waals surface area (Å²) < 4.78 is 0. The second-order valence-electron chi connectivity index (χ2n) is 6.49. The van der Waals surface area contributed by atoms with Gasteiger partial charge in [0.15, 0.2) is 11.5 Å². The van der Waals surface area contributed by atoms with Gasteiger partial charge in [0.1, 0.15) is 11.8 Å². The van der Waals surface area contributed by atoms with E-state index in [2.05, 4.69) is 30.8 Å². The Labute approximate surface area is 166 Å². The smallest absolute Gasteiger partial charge is 0.182 e. The number of nitrogens with zero attached hydrogens (tertiary/aromatic N) is 3. The Bertz CT molecular complexity index is 890. The van der Waals surface area contributed by atoms with Gasteiger partial charge < -0.3 is 25.7 Å². The van der Waals surface area contributed by atoms with Gasteiger partial charge in [-0.2, -0.15) is 0 Å². The first-order valence-electron chi connectivity index (χ1n) is 8.87. The molecule has 0 bridgehead atoms. The maximum Gasteiger partial charge on any atom is 0.182 e. The molecule has 28 heavy (non-hydrogen) atoms. The number of aromatic nitrogens is 4. The van der Waals surface area contributed by atoms with Crippen molar-refractivity contribution in [2.45, 2.75) is 31.2 Å². The zero-order chi connectivity index (χ0) is 20.1. The third-order valence-electron chi connectivity index (χ3n) is 4.71. The Morgan fingerprint density at radius 1 is 1.14 bits per heavy atom. The number of aliphatic hydroxyl groups excluding tert-OH is 3. The number of halogens is 1. The van der Waals surface area contributed by atoms with E-state index in [0.29, 0.717) is 29.3 Å². The zero-order valence-electron chi connectivity index (χ0n) is 15.2. The minimum atomic E-state index is -0.842. The molecule has 1 aliphatic carbocycles. The number of imidazole rings is 1. The fourth-order valence-electron chi connectivity index (χ4n) is 3.22. The number of benzene rings is 1. The fourth-order valence-corrected chi connectivity index (χ4v) is 3.35. The summed E-state index contributed by atoms with van der Waals surface area (Å²) in [5.41, 5.74) is 7.82. The molecule has 0 radical (unpaired) electrons. The summed E-state index contributed by atoms with van der Waals surface area (Å²) in [5, 5.41) is 29.8. The van der Waals surface area contributed by atoms with E-state index < -0.39 is 18.3 Å². The van der Waals surface area contributed by atoms with Gasteiger partial charge in [0.2, 0.25) is 0 Å². The van der Waals surface area contributed by atoms with Crippen molar-refractivity contribution < 1.29 is 15.3 Å². The van der Waals surface area contributed by atoms with Crippen LogP contribution in [0.4, 0.5) is 5.82 Å². The van der Waals surface area contributed by atoms with Gasteiger partial charge in [-0.3, -0.25) is 0 Å². The predicted molar refractivity (Wildman–Crippen MR) is 106 cm³/mol. The van der Waals surface area contributed by atoms with Crippen LogP contribution in [0.2, 0.25) is 5.02 Å². The van der Waals surface area contributed by atoms with E-state index >= 15 is 0 Å². The molecule has 0 aliphatic heterocycles. The highest BCUT2D eigenvalue weighted by Crippen LogP contribution is 2.36. The van der Waals surface area contributed by atoms with Crippen molar-refractivity contribution in [2.75, 3.05) is 12.5 Å². The van der Waals surface area contributed by atoms with Crippen molar-refractivity contribution in [3.8, 4) is 0 Å². The third kappa shape index (κ3) is 4.57. The maximum atomic E-state index is 10.1. The van der Waals surface area contributed by atoms with Crippen LogP contribution < -0.4 is 10.9 Å². The number of rotatable bonds is 4. The van der Waals surface area contributed by atoms with Crippen molar-refractivity contribution in [1.82, 2.24) is 25.4 Å². The number of aliphatic hydroxyl groups is 3. The van der Waals surface area contributed by atoms with Crippen molar-refractivity contribution >= 4 is 28.6 Å². The molecular weight excluding hydrogens is 384 g/mol. The van der Waals surface area contributed by atoms with Crippen LogP contribution in [-0.4, -0.2) is 54.5 Å². The van der Waals surface area contributed by atoms with Gasteiger partial charge in [0.05, 0.1) is 24.6 Å². The molecule has 2 heterocycles. The molecular formula is C18H23ClN6O3. The fraction of sp³-hybridized carbons (Fsp3) is 0.389. The first-order chi connectivity index (χ1) is 13.5. The Balaban J connectivity index is 0.000000167. The lowest BCUT2D eigenvalue weighted by Gasteiger charge is -2.22. The van der Waals surface area contributed by atoms with Gasteiger partial charge in [-0.25, -0.2) is 20.4 Å². The molecule has 4 atom stereocenters. The number of nitrogens with one attached hydrogen (secondary N) is 3. The van der Waals surface area contributed by atoms with E-state index in [0.717, 1.165) is 11.1 Å². The molecule has 1 saturated carbocycles. The number of hydrogen-bond acceptors (Lipinski definition) is 8. The van der Waals surface area contributed by atoms with Gasteiger partial charge in [-0.05, 0) is 30.5 Å². The number of fused-ring (bicyclic) bond motifs is 1. The van der Waals surface area contributed by atoms with E-state index in [1.54, 1.807) is 37.6 Å². The molecule has 4 rings (SSSR count). The average molecular weight is 407 g/mol. The lowest BCUT2D eigenvalue weighted by atomic mass is 9.92. The molecule has 0 spiro atoms. The van der Waals surface area contributed by atoms with E-state index in [4.69, 9.17) is 11.6 Å². The Kier molecular flexibility index (Phi) is 6.76. The molecule has 1 aromatic carbocycles.